The average molecular weight is 355 g/mol. The highest BCUT2D eigenvalue weighted by atomic mass is 16.5. The number of amides is 2. The largest absolute Gasteiger partial charge is 0.479 e. The molecule has 9 heteroatoms. The van der Waals surface area contributed by atoms with Gasteiger partial charge in [0.2, 0.25) is 11.8 Å². The van der Waals surface area contributed by atoms with Gasteiger partial charge in [0.1, 0.15) is 11.4 Å². The predicted molar refractivity (Wildman–Crippen MR) is 93.1 cm³/mol. The van der Waals surface area contributed by atoms with E-state index in [1.807, 2.05) is 0 Å². The van der Waals surface area contributed by atoms with E-state index in [1.54, 1.807) is 12.3 Å². The van der Waals surface area contributed by atoms with Crippen LogP contribution in [0.2, 0.25) is 0 Å². The number of ether oxygens (including phenoxy) is 2. The Hall–Kier alpha value is -3.36. The number of fused-ring (bicyclic) bond motifs is 2. The topological polar surface area (TPSA) is 114 Å². The van der Waals surface area contributed by atoms with Crippen molar-refractivity contribution in [2.24, 2.45) is 5.92 Å². The maximum Gasteiger partial charge on any atom is 0.254 e. The van der Waals surface area contributed by atoms with Gasteiger partial charge in [-0.15, -0.1) is 0 Å². The maximum absolute atomic E-state index is 12.2. The van der Waals surface area contributed by atoms with Gasteiger partial charge in [-0.05, 0) is 12.8 Å². The van der Waals surface area contributed by atoms with E-state index in [0.717, 1.165) is 12.8 Å². The Bertz CT molecular complexity index is 910. The van der Waals surface area contributed by atoms with Crippen LogP contribution >= 0.6 is 0 Å². The van der Waals surface area contributed by atoms with Gasteiger partial charge in [-0.3, -0.25) is 9.59 Å². The van der Waals surface area contributed by atoms with E-state index in [0.29, 0.717) is 23.0 Å². The van der Waals surface area contributed by atoms with E-state index < -0.39 is 0 Å². The van der Waals surface area contributed by atoms with Crippen molar-refractivity contribution in [3.63, 3.8) is 0 Å². The molecule has 1 fully saturated rings. The lowest BCUT2D eigenvalue weighted by Gasteiger charge is -2.25. The summed E-state index contributed by atoms with van der Waals surface area (Å²) in [7, 11) is 3.02. The smallest absolute Gasteiger partial charge is 0.254 e. The fourth-order valence-electron chi connectivity index (χ4n) is 2.69. The predicted octanol–water partition coefficient (Wildman–Crippen LogP) is 2.04. The van der Waals surface area contributed by atoms with Crippen molar-refractivity contribution in [1.82, 2.24) is 15.3 Å². The highest BCUT2D eigenvalue weighted by Gasteiger charge is 2.33. The van der Waals surface area contributed by atoms with E-state index in [1.165, 1.54) is 20.4 Å². The van der Waals surface area contributed by atoms with Crippen molar-refractivity contribution in [3.05, 3.63) is 24.0 Å². The fraction of sp³-hybridized carbons (Fsp3) is 0.294. The van der Waals surface area contributed by atoms with Gasteiger partial charge >= 0.3 is 0 Å². The minimum atomic E-state index is -0.337. The third-order valence-corrected chi connectivity index (χ3v) is 4.23. The van der Waals surface area contributed by atoms with Crippen LogP contribution in [0.3, 0.4) is 0 Å². The molecule has 0 radical (unpaired) electrons. The van der Waals surface area contributed by atoms with Gasteiger partial charge in [0.15, 0.2) is 17.3 Å². The summed E-state index contributed by atoms with van der Waals surface area (Å²) in [6, 6.07) is 1.66. The number of carbonyl (C=O) groups excluding carboxylic acids is 2. The molecular weight excluding hydrogens is 338 g/mol. The average Bonchev–Trinajstić information content (AvgIpc) is 3.51. The van der Waals surface area contributed by atoms with Crippen LogP contribution < -0.4 is 25.4 Å². The normalized spacial score (nSPS) is 14.2. The summed E-state index contributed by atoms with van der Waals surface area (Å²) in [5.74, 6) is 0.905. The fourth-order valence-corrected chi connectivity index (χ4v) is 2.69. The van der Waals surface area contributed by atoms with Gasteiger partial charge in [0.05, 0.1) is 12.7 Å². The van der Waals surface area contributed by atoms with Gasteiger partial charge in [0, 0.05) is 31.4 Å². The van der Waals surface area contributed by atoms with Crippen LogP contribution in [-0.2, 0) is 4.79 Å². The number of nitrogens with one attached hydrogen (secondary N) is 3. The summed E-state index contributed by atoms with van der Waals surface area (Å²) in [5, 5.41) is 8.48. The van der Waals surface area contributed by atoms with Crippen molar-refractivity contribution < 1.29 is 19.1 Å². The first-order chi connectivity index (χ1) is 12.6. The number of methoxy groups -OCH3 is 1. The summed E-state index contributed by atoms with van der Waals surface area (Å²) in [5.41, 5.74) is 1.17. The Morgan fingerprint density at radius 1 is 1.31 bits per heavy atom. The lowest BCUT2D eigenvalue weighted by molar-refractivity contribution is -0.117. The second-order valence-electron chi connectivity index (χ2n) is 5.99. The number of rotatable bonds is 4. The molecule has 1 saturated carbocycles. The SMILES string of the molecule is CNC(=O)c1cnc(NC(=O)C2CC2)c2c1Nc1c(ccnc1OC)O2. The van der Waals surface area contributed by atoms with Crippen LogP contribution in [0, 0.1) is 5.92 Å². The molecule has 0 spiro atoms. The van der Waals surface area contributed by atoms with Crippen LogP contribution in [0.4, 0.5) is 17.2 Å². The number of aromatic nitrogens is 2. The third kappa shape index (κ3) is 2.67. The van der Waals surface area contributed by atoms with Crippen LogP contribution in [0.1, 0.15) is 23.2 Å². The van der Waals surface area contributed by atoms with Gasteiger partial charge < -0.3 is 25.4 Å². The number of anilines is 3. The number of hydrogen-bond acceptors (Lipinski definition) is 7. The van der Waals surface area contributed by atoms with Crippen molar-refractivity contribution in [3.8, 4) is 17.4 Å². The molecule has 2 amide bonds. The number of hydrogen-bond donors (Lipinski definition) is 3. The Kier molecular flexibility index (Phi) is 3.83. The molecule has 4 rings (SSSR count). The monoisotopic (exact) mass is 355 g/mol. The molecule has 1 aliphatic heterocycles. The Labute approximate surface area is 149 Å². The Morgan fingerprint density at radius 2 is 2.12 bits per heavy atom. The van der Waals surface area contributed by atoms with Gasteiger partial charge in [-0.25, -0.2) is 9.97 Å². The molecule has 2 aliphatic rings. The summed E-state index contributed by atoms with van der Waals surface area (Å²) in [4.78, 5) is 32.7. The first-order valence-corrected chi connectivity index (χ1v) is 8.16. The molecule has 26 heavy (non-hydrogen) atoms. The number of pyridine rings is 2. The van der Waals surface area contributed by atoms with E-state index in [-0.39, 0.29) is 34.9 Å². The molecule has 0 atom stereocenters. The van der Waals surface area contributed by atoms with Gasteiger partial charge in [-0.2, -0.15) is 0 Å². The summed E-state index contributed by atoms with van der Waals surface area (Å²) >= 11 is 0. The quantitative estimate of drug-likeness (QED) is 0.656. The Morgan fingerprint density at radius 3 is 2.81 bits per heavy atom. The molecule has 3 N–H and O–H groups in total. The molecule has 0 bridgehead atoms. The molecule has 0 saturated heterocycles. The highest BCUT2D eigenvalue weighted by molar-refractivity contribution is 6.05. The van der Waals surface area contributed by atoms with Crippen LogP contribution in [0.25, 0.3) is 0 Å². The van der Waals surface area contributed by atoms with Gasteiger partial charge in [0.25, 0.3) is 5.91 Å². The van der Waals surface area contributed by atoms with Crippen molar-refractivity contribution >= 4 is 29.0 Å². The number of nitrogens with zero attached hydrogens (tertiary/aromatic N) is 2. The van der Waals surface area contributed by atoms with Gasteiger partial charge in [-0.1, -0.05) is 0 Å². The molecule has 0 unspecified atom stereocenters. The lowest BCUT2D eigenvalue weighted by atomic mass is 10.1. The summed E-state index contributed by atoms with van der Waals surface area (Å²) in [6.07, 6.45) is 4.68. The zero-order chi connectivity index (χ0) is 18.3. The van der Waals surface area contributed by atoms with Crippen LogP contribution in [0.15, 0.2) is 18.5 Å². The van der Waals surface area contributed by atoms with Crippen LogP contribution in [0.5, 0.6) is 17.4 Å². The molecule has 3 heterocycles. The molecule has 134 valence electrons. The lowest BCUT2D eigenvalue weighted by Crippen LogP contribution is -2.22. The zero-order valence-corrected chi connectivity index (χ0v) is 14.3. The second kappa shape index (κ2) is 6.17. The third-order valence-electron chi connectivity index (χ3n) is 4.23. The minimum absolute atomic E-state index is 0.0131. The highest BCUT2D eigenvalue weighted by Crippen LogP contribution is 2.49. The Balaban J connectivity index is 1.80. The summed E-state index contributed by atoms with van der Waals surface area (Å²) in [6.45, 7) is 0. The van der Waals surface area contributed by atoms with Crippen molar-refractivity contribution in [1.29, 1.82) is 0 Å². The first-order valence-electron chi connectivity index (χ1n) is 8.16. The molecule has 1 aliphatic carbocycles. The maximum atomic E-state index is 12.2. The van der Waals surface area contributed by atoms with Crippen molar-refractivity contribution in [2.45, 2.75) is 12.8 Å². The first kappa shape index (κ1) is 16.1. The molecule has 2 aromatic rings. The van der Waals surface area contributed by atoms with Crippen LogP contribution in [-0.4, -0.2) is 35.9 Å². The number of carbonyl (C=O) groups is 2. The minimum Gasteiger partial charge on any atom is -0.479 e. The molecule has 2 aromatic heterocycles. The molecule has 0 aromatic carbocycles. The zero-order valence-electron chi connectivity index (χ0n) is 14.3. The summed E-state index contributed by atoms with van der Waals surface area (Å²) < 4.78 is 11.2. The van der Waals surface area contributed by atoms with Crippen molar-refractivity contribution in [2.75, 3.05) is 24.8 Å². The molecular formula is C17H17N5O4. The van der Waals surface area contributed by atoms with E-state index in [9.17, 15) is 9.59 Å². The van der Waals surface area contributed by atoms with E-state index in [4.69, 9.17) is 9.47 Å². The van der Waals surface area contributed by atoms with E-state index >= 15 is 0 Å². The standard InChI is InChI=1S/C17H17N5O4/c1-18-16(24)9-7-20-14(22-15(23)8-3-4-8)13-11(9)21-12-10(26-13)5-6-19-17(12)25-2/h5-8,21H,3-4H2,1-2H3,(H,18,24)(H,20,22,23). The van der Waals surface area contributed by atoms with E-state index in [2.05, 4.69) is 25.9 Å². The second-order valence-corrected chi connectivity index (χ2v) is 5.99. The molecule has 9 nitrogen and oxygen atoms in total.